The third-order valence-corrected chi connectivity index (χ3v) is 3.55. The molecule has 0 spiro atoms. The lowest BCUT2D eigenvalue weighted by molar-refractivity contribution is -0.117. The van der Waals surface area contributed by atoms with Crippen LogP contribution in [0.5, 0.6) is 0 Å². The minimum Gasteiger partial charge on any atom is -0.389 e. The number of rotatable bonds is 8. The molecule has 0 aromatic rings. The maximum atomic E-state index is 10.5. The average molecular weight is 258 g/mol. The molecule has 5 heteroatoms. The van der Waals surface area contributed by atoms with Gasteiger partial charge in [-0.2, -0.15) is 0 Å². The minimum absolute atomic E-state index is 0.0953. The van der Waals surface area contributed by atoms with E-state index in [4.69, 9.17) is 10.5 Å². The van der Waals surface area contributed by atoms with Gasteiger partial charge in [0.15, 0.2) is 0 Å². The summed E-state index contributed by atoms with van der Waals surface area (Å²) in [5.41, 5.74) is 4.99. The summed E-state index contributed by atoms with van der Waals surface area (Å²) in [6, 6.07) is 0. The van der Waals surface area contributed by atoms with Crippen LogP contribution in [0.2, 0.25) is 0 Å². The third kappa shape index (κ3) is 5.80. The topological polar surface area (TPSA) is 84.6 Å². The van der Waals surface area contributed by atoms with Crippen molar-refractivity contribution in [3.05, 3.63) is 0 Å². The standard InChI is InChI=1S/C13H26N2O3/c1-2-10-5-3-4-6-12(10)18-9-11(16)7-15-8-13(14)17/h10-12,15-16H,2-9H2,1H3,(H2,14,17). The molecule has 106 valence electrons. The molecule has 1 rings (SSSR count). The molecule has 0 aromatic carbocycles. The number of aliphatic hydroxyl groups is 1. The molecule has 1 aliphatic rings. The Morgan fingerprint density at radius 1 is 1.50 bits per heavy atom. The maximum Gasteiger partial charge on any atom is 0.231 e. The first-order chi connectivity index (χ1) is 8.63. The molecule has 0 saturated heterocycles. The van der Waals surface area contributed by atoms with Crippen LogP contribution in [0.1, 0.15) is 39.0 Å². The molecule has 5 nitrogen and oxygen atoms in total. The summed E-state index contributed by atoms with van der Waals surface area (Å²) in [6.07, 6.45) is 5.69. The zero-order chi connectivity index (χ0) is 13.4. The summed E-state index contributed by atoms with van der Waals surface area (Å²) >= 11 is 0. The number of primary amides is 1. The maximum absolute atomic E-state index is 10.5. The fraction of sp³-hybridized carbons (Fsp3) is 0.923. The van der Waals surface area contributed by atoms with E-state index >= 15 is 0 Å². The predicted octanol–water partition coefficient (Wildman–Crippen LogP) is 0.408. The van der Waals surface area contributed by atoms with Crippen molar-refractivity contribution in [3.63, 3.8) is 0 Å². The minimum atomic E-state index is -0.580. The predicted molar refractivity (Wildman–Crippen MR) is 70.1 cm³/mol. The Balaban J connectivity index is 2.16. The Morgan fingerprint density at radius 3 is 2.89 bits per heavy atom. The molecule has 18 heavy (non-hydrogen) atoms. The molecule has 1 fully saturated rings. The molecule has 0 radical (unpaired) electrons. The van der Waals surface area contributed by atoms with Crippen LogP contribution in [0.25, 0.3) is 0 Å². The fourth-order valence-corrected chi connectivity index (χ4v) is 2.52. The summed E-state index contributed by atoms with van der Waals surface area (Å²) in [4.78, 5) is 10.5. The van der Waals surface area contributed by atoms with Gasteiger partial charge in [0, 0.05) is 6.54 Å². The summed E-state index contributed by atoms with van der Waals surface area (Å²) < 4.78 is 5.80. The molecular formula is C13H26N2O3. The van der Waals surface area contributed by atoms with E-state index in [2.05, 4.69) is 12.2 Å². The van der Waals surface area contributed by atoms with E-state index < -0.39 is 12.0 Å². The Labute approximate surface area is 109 Å². The van der Waals surface area contributed by atoms with E-state index in [0.29, 0.717) is 19.1 Å². The van der Waals surface area contributed by atoms with Gasteiger partial charge >= 0.3 is 0 Å². The largest absolute Gasteiger partial charge is 0.389 e. The first-order valence-corrected chi connectivity index (χ1v) is 6.92. The number of carbonyl (C=O) groups excluding carboxylic acids is 1. The van der Waals surface area contributed by atoms with Crippen LogP contribution in [0.15, 0.2) is 0 Å². The number of carbonyl (C=O) groups is 1. The number of aliphatic hydroxyl groups excluding tert-OH is 1. The van der Waals surface area contributed by atoms with Crippen LogP contribution >= 0.6 is 0 Å². The van der Waals surface area contributed by atoms with E-state index in [1.807, 2.05) is 0 Å². The van der Waals surface area contributed by atoms with Crippen molar-refractivity contribution in [2.45, 2.75) is 51.2 Å². The Morgan fingerprint density at radius 2 is 2.22 bits per heavy atom. The van der Waals surface area contributed by atoms with Crippen molar-refractivity contribution in [2.75, 3.05) is 19.7 Å². The van der Waals surface area contributed by atoms with E-state index in [0.717, 1.165) is 12.8 Å². The number of amides is 1. The van der Waals surface area contributed by atoms with Gasteiger partial charge in [-0.15, -0.1) is 0 Å². The van der Waals surface area contributed by atoms with Gasteiger partial charge in [0.2, 0.25) is 5.91 Å². The van der Waals surface area contributed by atoms with Gasteiger partial charge in [0.1, 0.15) is 0 Å². The summed E-state index contributed by atoms with van der Waals surface area (Å²) in [7, 11) is 0. The smallest absolute Gasteiger partial charge is 0.231 e. The van der Waals surface area contributed by atoms with Crippen molar-refractivity contribution in [3.8, 4) is 0 Å². The molecule has 3 unspecified atom stereocenters. The summed E-state index contributed by atoms with van der Waals surface area (Å²) in [5, 5.41) is 12.5. The van der Waals surface area contributed by atoms with Gasteiger partial charge in [-0.1, -0.05) is 26.2 Å². The van der Waals surface area contributed by atoms with E-state index in [-0.39, 0.29) is 12.6 Å². The molecule has 4 N–H and O–H groups in total. The van der Waals surface area contributed by atoms with Gasteiger partial charge in [-0.05, 0) is 18.8 Å². The van der Waals surface area contributed by atoms with Gasteiger partial charge in [-0.3, -0.25) is 4.79 Å². The van der Waals surface area contributed by atoms with E-state index in [9.17, 15) is 9.90 Å². The first kappa shape index (κ1) is 15.4. The average Bonchev–Trinajstić information content (AvgIpc) is 2.36. The van der Waals surface area contributed by atoms with Crippen LogP contribution < -0.4 is 11.1 Å². The molecule has 0 aromatic heterocycles. The molecular weight excluding hydrogens is 232 g/mol. The van der Waals surface area contributed by atoms with Crippen molar-refractivity contribution in [1.82, 2.24) is 5.32 Å². The Hall–Kier alpha value is -0.650. The molecule has 3 atom stereocenters. The third-order valence-electron chi connectivity index (χ3n) is 3.55. The zero-order valence-corrected chi connectivity index (χ0v) is 11.2. The van der Waals surface area contributed by atoms with Crippen molar-refractivity contribution < 1.29 is 14.6 Å². The highest BCUT2D eigenvalue weighted by Crippen LogP contribution is 2.29. The van der Waals surface area contributed by atoms with Crippen LogP contribution in [0, 0.1) is 5.92 Å². The lowest BCUT2D eigenvalue weighted by atomic mass is 9.85. The highest BCUT2D eigenvalue weighted by molar-refractivity contribution is 5.75. The molecule has 0 aliphatic heterocycles. The SMILES string of the molecule is CCC1CCCCC1OCC(O)CNCC(N)=O. The number of nitrogens with two attached hydrogens (primary N) is 1. The van der Waals surface area contributed by atoms with E-state index in [1.54, 1.807) is 0 Å². The van der Waals surface area contributed by atoms with Crippen molar-refractivity contribution in [1.29, 1.82) is 0 Å². The quantitative estimate of drug-likeness (QED) is 0.588. The second-order valence-electron chi connectivity index (χ2n) is 5.08. The monoisotopic (exact) mass is 258 g/mol. The molecule has 1 saturated carbocycles. The van der Waals surface area contributed by atoms with Crippen molar-refractivity contribution >= 4 is 5.91 Å². The normalized spacial score (nSPS) is 25.9. The zero-order valence-electron chi connectivity index (χ0n) is 11.2. The Kier molecular flexibility index (Phi) is 7.23. The first-order valence-electron chi connectivity index (χ1n) is 6.92. The highest BCUT2D eigenvalue weighted by Gasteiger charge is 2.24. The Bertz CT molecular complexity index is 248. The number of hydrogen-bond acceptors (Lipinski definition) is 4. The van der Waals surface area contributed by atoms with Crippen molar-refractivity contribution in [2.24, 2.45) is 11.7 Å². The number of hydrogen-bond donors (Lipinski definition) is 3. The van der Waals surface area contributed by atoms with Crippen LogP contribution in [-0.4, -0.2) is 42.9 Å². The van der Waals surface area contributed by atoms with Crippen LogP contribution in [0.4, 0.5) is 0 Å². The van der Waals surface area contributed by atoms with Gasteiger partial charge < -0.3 is 20.9 Å². The number of ether oxygens (including phenoxy) is 1. The van der Waals surface area contributed by atoms with Gasteiger partial charge in [0.25, 0.3) is 0 Å². The second kappa shape index (κ2) is 8.45. The highest BCUT2D eigenvalue weighted by atomic mass is 16.5. The van der Waals surface area contributed by atoms with E-state index in [1.165, 1.54) is 19.3 Å². The molecule has 1 amide bonds. The lowest BCUT2D eigenvalue weighted by Gasteiger charge is -2.31. The van der Waals surface area contributed by atoms with Gasteiger partial charge in [-0.25, -0.2) is 0 Å². The molecule has 0 bridgehead atoms. The number of nitrogens with one attached hydrogen (secondary N) is 1. The van der Waals surface area contributed by atoms with Crippen LogP contribution in [-0.2, 0) is 9.53 Å². The molecule has 0 heterocycles. The fourth-order valence-electron chi connectivity index (χ4n) is 2.52. The van der Waals surface area contributed by atoms with Gasteiger partial charge in [0.05, 0.1) is 25.4 Å². The lowest BCUT2D eigenvalue weighted by Crippen LogP contribution is -2.38. The summed E-state index contributed by atoms with van der Waals surface area (Å²) in [6.45, 7) is 2.95. The van der Waals surface area contributed by atoms with Crippen LogP contribution in [0.3, 0.4) is 0 Å². The second-order valence-corrected chi connectivity index (χ2v) is 5.08. The molecule has 1 aliphatic carbocycles. The summed E-state index contributed by atoms with van der Waals surface area (Å²) in [5.74, 6) is 0.214.